The molecule has 0 bridgehead atoms. The van der Waals surface area contributed by atoms with Gasteiger partial charge in [0.15, 0.2) is 0 Å². The zero-order chi connectivity index (χ0) is 37.9. The first-order chi connectivity index (χ1) is 26.4. The second-order valence-corrected chi connectivity index (χ2v) is 12.3. The van der Waals surface area contributed by atoms with Gasteiger partial charge in [-0.05, 0) is 127 Å². The van der Waals surface area contributed by atoms with E-state index in [0.29, 0.717) is 11.5 Å². The van der Waals surface area contributed by atoms with E-state index in [1.54, 1.807) is 31.4 Å². The molecule has 6 aromatic carbocycles. The van der Waals surface area contributed by atoms with Crippen molar-refractivity contribution in [1.29, 1.82) is 0 Å². The molecule has 8 nitrogen and oxygen atoms in total. The summed E-state index contributed by atoms with van der Waals surface area (Å²) >= 11 is 0. The van der Waals surface area contributed by atoms with Crippen LogP contribution >= 0.6 is 0 Å². The average Bonchev–Trinajstić information content (AvgIpc) is 3.22. The maximum Gasteiger partial charge on any atom is 0.335 e. The van der Waals surface area contributed by atoms with Gasteiger partial charge in [0.25, 0.3) is 0 Å². The Morgan fingerprint density at radius 3 is 1.33 bits per heavy atom. The highest BCUT2D eigenvalue weighted by atomic mass is 16.5. The van der Waals surface area contributed by atoms with Gasteiger partial charge in [0.2, 0.25) is 0 Å². The molecule has 0 saturated heterocycles. The number of rotatable bonds is 15. The van der Waals surface area contributed by atoms with Crippen LogP contribution in [0.5, 0.6) is 17.2 Å². The van der Waals surface area contributed by atoms with E-state index >= 15 is 0 Å². The second kappa shape index (κ2) is 17.5. The monoisotopic (exact) mass is 716 g/mol. The number of hydrogen-bond acceptors (Lipinski definition) is 8. The number of esters is 2. The SMILES string of the molecule is C=CC(=O)Oc1ccc(N(c2ccc(CCc3ccc(N(c4ccc(OC(=O)C=C)cc4)c4cccc(OC)c4)cc3)cc2)c2cccc(CO)c2)cc1. The van der Waals surface area contributed by atoms with E-state index in [1.807, 2.05) is 72.8 Å². The van der Waals surface area contributed by atoms with Crippen molar-refractivity contribution >= 4 is 46.1 Å². The fourth-order valence-electron chi connectivity index (χ4n) is 5.99. The molecule has 0 fully saturated rings. The number of nitrogens with zero attached hydrogens (tertiary/aromatic N) is 2. The van der Waals surface area contributed by atoms with Crippen molar-refractivity contribution in [3.63, 3.8) is 0 Å². The number of carbonyl (C=O) groups excluding carboxylic acids is 2. The first-order valence-corrected chi connectivity index (χ1v) is 17.4. The third-order valence-corrected chi connectivity index (χ3v) is 8.71. The van der Waals surface area contributed by atoms with Gasteiger partial charge in [-0.25, -0.2) is 9.59 Å². The molecule has 0 amide bonds. The molecule has 0 aliphatic rings. The summed E-state index contributed by atoms with van der Waals surface area (Å²) in [4.78, 5) is 27.6. The summed E-state index contributed by atoms with van der Waals surface area (Å²) in [6.45, 7) is 6.86. The van der Waals surface area contributed by atoms with Gasteiger partial charge < -0.3 is 29.1 Å². The fraction of sp³-hybridized carbons (Fsp3) is 0.0870. The number of anilines is 6. The molecule has 0 spiro atoms. The summed E-state index contributed by atoms with van der Waals surface area (Å²) in [6.07, 6.45) is 3.95. The fourth-order valence-corrected chi connectivity index (χ4v) is 5.99. The van der Waals surface area contributed by atoms with Crippen molar-refractivity contribution in [1.82, 2.24) is 0 Å². The van der Waals surface area contributed by atoms with Gasteiger partial charge in [0, 0.05) is 52.3 Å². The lowest BCUT2D eigenvalue weighted by Gasteiger charge is -2.26. The topological polar surface area (TPSA) is 88.5 Å². The lowest BCUT2D eigenvalue weighted by molar-refractivity contribution is -0.129. The van der Waals surface area contributed by atoms with Gasteiger partial charge in [-0.2, -0.15) is 0 Å². The number of aryl methyl sites for hydroxylation is 2. The van der Waals surface area contributed by atoms with Crippen LogP contribution in [0.15, 0.2) is 171 Å². The summed E-state index contributed by atoms with van der Waals surface area (Å²) in [5.74, 6) is 0.565. The molecule has 6 rings (SSSR count). The molecule has 0 aliphatic heterocycles. The number of aliphatic hydroxyl groups is 1. The molecule has 0 aliphatic carbocycles. The standard InChI is InChI=1S/C46H40N2O6/c1-4-45(50)53-42-26-22-38(23-27-42)47(40-9-6-8-35(30-40)32-49)36-18-14-33(15-19-36)12-13-34-16-20-37(21-17-34)48(41-10-7-11-44(31-41)52-3)39-24-28-43(29-25-39)54-46(51)5-2/h4-11,14-31,49H,1-2,12-13,32H2,3H3. The van der Waals surface area contributed by atoms with Crippen LogP contribution in [0.2, 0.25) is 0 Å². The predicted molar refractivity (Wildman–Crippen MR) is 214 cm³/mol. The molecule has 0 unspecified atom stereocenters. The Morgan fingerprint density at radius 2 is 0.926 bits per heavy atom. The lowest BCUT2D eigenvalue weighted by Crippen LogP contribution is -2.11. The molecule has 6 aromatic rings. The van der Waals surface area contributed by atoms with Gasteiger partial charge in [0.05, 0.1) is 13.7 Å². The molecular formula is C46H40N2O6. The van der Waals surface area contributed by atoms with Crippen molar-refractivity contribution in [2.75, 3.05) is 16.9 Å². The largest absolute Gasteiger partial charge is 0.497 e. The van der Waals surface area contributed by atoms with Crippen LogP contribution in [0.1, 0.15) is 16.7 Å². The third-order valence-electron chi connectivity index (χ3n) is 8.71. The minimum absolute atomic E-state index is 0.0702. The van der Waals surface area contributed by atoms with Gasteiger partial charge in [0.1, 0.15) is 17.2 Å². The molecule has 1 N–H and O–H groups in total. The van der Waals surface area contributed by atoms with E-state index < -0.39 is 11.9 Å². The molecule has 54 heavy (non-hydrogen) atoms. The summed E-state index contributed by atoms with van der Waals surface area (Å²) in [5, 5.41) is 9.83. The number of benzene rings is 6. The van der Waals surface area contributed by atoms with Crippen molar-refractivity contribution in [3.05, 3.63) is 188 Å². The van der Waals surface area contributed by atoms with Crippen LogP contribution in [0.25, 0.3) is 0 Å². The summed E-state index contributed by atoms with van der Waals surface area (Å²) < 4.78 is 16.1. The Kier molecular flexibility index (Phi) is 12.0. The minimum Gasteiger partial charge on any atom is -0.497 e. The number of hydrogen-bond donors (Lipinski definition) is 1. The molecule has 0 saturated carbocycles. The lowest BCUT2D eigenvalue weighted by atomic mass is 10.0. The molecule has 270 valence electrons. The minimum atomic E-state index is -0.519. The average molecular weight is 717 g/mol. The maximum atomic E-state index is 11.7. The van der Waals surface area contributed by atoms with Crippen molar-refractivity contribution in [3.8, 4) is 17.2 Å². The van der Waals surface area contributed by atoms with Crippen molar-refractivity contribution in [2.45, 2.75) is 19.4 Å². The molecular weight excluding hydrogens is 677 g/mol. The van der Waals surface area contributed by atoms with Crippen LogP contribution in [-0.4, -0.2) is 24.2 Å². The van der Waals surface area contributed by atoms with Crippen LogP contribution in [0, 0.1) is 0 Å². The van der Waals surface area contributed by atoms with Crippen LogP contribution in [0.4, 0.5) is 34.1 Å². The number of methoxy groups -OCH3 is 1. The number of carbonyl (C=O) groups is 2. The predicted octanol–water partition coefficient (Wildman–Crippen LogP) is 10.1. The Morgan fingerprint density at radius 1 is 0.519 bits per heavy atom. The first-order valence-electron chi connectivity index (χ1n) is 17.4. The molecule has 0 heterocycles. The van der Waals surface area contributed by atoms with Gasteiger partial charge in [-0.15, -0.1) is 0 Å². The number of ether oxygens (including phenoxy) is 3. The van der Waals surface area contributed by atoms with E-state index in [2.05, 4.69) is 71.5 Å². The normalized spacial score (nSPS) is 10.6. The van der Waals surface area contributed by atoms with Gasteiger partial charge in [-0.3, -0.25) is 0 Å². The maximum absolute atomic E-state index is 11.7. The Balaban J connectivity index is 1.20. The zero-order valence-electron chi connectivity index (χ0n) is 29.9. The summed E-state index contributed by atoms with van der Waals surface area (Å²) in [5.41, 5.74) is 8.65. The quantitative estimate of drug-likeness (QED) is 0.0638. The highest BCUT2D eigenvalue weighted by Crippen LogP contribution is 2.38. The second-order valence-electron chi connectivity index (χ2n) is 12.3. The van der Waals surface area contributed by atoms with Crippen molar-refractivity contribution < 1.29 is 28.9 Å². The summed E-state index contributed by atoms with van der Waals surface area (Å²) in [6, 6.07) is 47.1. The van der Waals surface area contributed by atoms with Gasteiger partial charge in [-0.1, -0.05) is 55.6 Å². The Labute approximate surface area is 315 Å². The third kappa shape index (κ3) is 9.11. The van der Waals surface area contributed by atoms with Crippen LogP contribution in [-0.2, 0) is 29.0 Å². The van der Waals surface area contributed by atoms with Crippen LogP contribution in [0.3, 0.4) is 0 Å². The molecule has 0 radical (unpaired) electrons. The highest BCUT2D eigenvalue weighted by molar-refractivity contribution is 5.84. The molecule has 8 heteroatoms. The van der Waals surface area contributed by atoms with E-state index in [0.717, 1.165) is 70.4 Å². The van der Waals surface area contributed by atoms with E-state index in [1.165, 1.54) is 11.1 Å². The van der Waals surface area contributed by atoms with Crippen LogP contribution < -0.4 is 24.0 Å². The Bertz CT molecular complexity index is 2050. The molecule has 0 aromatic heterocycles. The van der Waals surface area contributed by atoms with E-state index in [9.17, 15) is 14.7 Å². The van der Waals surface area contributed by atoms with E-state index in [4.69, 9.17) is 14.2 Å². The number of aliphatic hydroxyl groups excluding tert-OH is 1. The Hall–Kier alpha value is -6.90. The van der Waals surface area contributed by atoms with Gasteiger partial charge >= 0.3 is 11.9 Å². The smallest absolute Gasteiger partial charge is 0.335 e. The van der Waals surface area contributed by atoms with E-state index in [-0.39, 0.29) is 6.61 Å². The zero-order valence-corrected chi connectivity index (χ0v) is 29.9. The van der Waals surface area contributed by atoms with Crippen molar-refractivity contribution in [2.24, 2.45) is 0 Å². The molecule has 0 atom stereocenters. The summed E-state index contributed by atoms with van der Waals surface area (Å²) in [7, 11) is 1.65. The highest BCUT2D eigenvalue weighted by Gasteiger charge is 2.16. The first kappa shape index (κ1) is 36.9.